The SMILES string of the molecule is O=c1c2ccc3ncccc3c2nc(-c2ccccc2)n1-c1ccccc1. The van der Waals surface area contributed by atoms with Gasteiger partial charge in [0.05, 0.1) is 22.1 Å². The number of aromatic nitrogens is 3. The molecule has 0 N–H and O–H groups in total. The summed E-state index contributed by atoms with van der Waals surface area (Å²) in [6.07, 6.45) is 1.75. The summed E-state index contributed by atoms with van der Waals surface area (Å²) in [6, 6.07) is 26.9. The lowest BCUT2D eigenvalue weighted by Gasteiger charge is -2.14. The number of benzene rings is 3. The van der Waals surface area contributed by atoms with Gasteiger partial charge in [0.2, 0.25) is 0 Å². The van der Waals surface area contributed by atoms with Crippen LogP contribution in [-0.4, -0.2) is 14.5 Å². The molecule has 0 saturated carbocycles. The summed E-state index contributed by atoms with van der Waals surface area (Å²) in [5, 5.41) is 1.46. The van der Waals surface area contributed by atoms with Gasteiger partial charge < -0.3 is 0 Å². The van der Waals surface area contributed by atoms with Gasteiger partial charge in [-0.3, -0.25) is 14.3 Å². The van der Waals surface area contributed by atoms with E-state index < -0.39 is 0 Å². The Hall–Kier alpha value is -3.79. The number of hydrogen-bond acceptors (Lipinski definition) is 3. The molecular formula is C23H15N3O. The second kappa shape index (κ2) is 6.18. The third kappa shape index (κ3) is 2.50. The number of hydrogen-bond donors (Lipinski definition) is 0. The standard InChI is InChI=1S/C23H15N3O/c27-23-19-13-14-20-18(12-7-15-24-20)21(19)25-22(16-8-3-1-4-9-16)26(23)17-10-5-2-6-11-17/h1-15H. The first-order valence-electron chi connectivity index (χ1n) is 8.74. The van der Waals surface area contributed by atoms with Crippen molar-refractivity contribution in [2.75, 3.05) is 0 Å². The molecule has 3 aromatic carbocycles. The van der Waals surface area contributed by atoms with Crippen molar-refractivity contribution in [3.63, 3.8) is 0 Å². The van der Waals surface area contributed by atoms with Crippen molar-refractivity contribution in [1.29, 1.82) is 0 Å². The van der Waals surface area contributed by atoms with Crippen LogP contribution < -0.4 is 5.56 Å². The third-order valence-electron chi connectivity index (χ3n) is 4.67. The zero-order chi connectivity index (χ0) is 18.2. The fourth-order valence-electron chi connectivity index (χ4n) is 3.40. The van der Waals surface area contributed by atoms with E-state index in [-0.39, 0.29) is 5.56 Å². The molecule has 0 aliphatic carbocycles. The van der Waals surface area contributed by atoms with Crippen LogP contribution in [0.4, 0.5) is 0 Å². The summed E-state index contributed by atoms with van der Waals surface area (Å²) < 4.78 is 1.68. The molecule has 0 unspecified atom stereocenters. The van der Waals surface area contributed by atoms with Crippen LogP contribution in [0.5, 0.6) is 0 Å². The normalized spacial score (nSPS) is 11.1. The number of para-hydroxylation sites is 1. The van der Waals surface area contributed by atoms with E-state index in [1.54, 1.807) is 10.8 Å². The molecule has 5 rings (SSSR count). The van der Waals surface area contributed by atoms with E-state index >= 15 is 0 Å². The molecule has 128 valence electrons. The molecule has 0 aliphatic heterocycles. The first kappa shape index (κ1) is 15.5. The highest BCUT2D eigenvalue weighted by atomic mass is 16.1. The molecule has 4 nitrogen and oxygen atoms in total. The molecule has 27 heavy (non-hydrogen) atoms. The number of rotatable bonds is 2. The molecule has 5 aromatic rings. The van der Waals surface area contributed by atoms with E-state index in [4.69, 9.17) is 4.98 Å². The summed E-state index contributed by atoms with van der Waals surface area (Å²) in [6.45, 7) is 0. The monoisotopic (exact) mass is 349 g/mol. The fraction of sp³-hybridized carbons (Fsp3) is 0. The van der Waals surface area contributed by atoms with Gasteiger partial charge in [0, 0.05) is 17.1 Å². The van der Waals surface area contributed by atoms with Crippen LogP contribution in [0.25, 0.3) is 38.9 Å². The predicted molar refractivity (Wildman–Crippen MR) is 108 cm³/mol. The third-order valence-corrected chi connectivity index (χ3v) is 4.67. The first-order chi connectivity index (χ1) is 13.3. The van der Waals surface area contributed by atoms with Crippen LogP contribution in [0, 0.1) is 0 Å². The number of nitrogens with zero attached hydrogens (tertiary/aromatic N) is 3. The minimum Gasteiger partial charge on any atom is -0.268 e. The Morgan fingerprint density at radius 2 is 1.44 bits per heavy atom. The molecule has 4 heteroatoms. The van der Waals surface area contributed by atoms with Gasteiger partial charge in [0.25, 0.3) is 5.56 Å². The number of pyridine rings is 1. The van der Waals surface area contributed by atoms with Crippen molar-refractivity contribution >= 4 is 21.8 Å². The van der Waals surface area contributed by atoms with Gasteiger partial charge in [-0.25, -0.2) is 4.98 Å². The van der Waals surface area contributed by atoms with Crippen molar-refractivity contribution in [3.05, 3.63) is 101 Å². The lowest BCUT2D eigenvalue weighted by Crippen LogP contribution is -2.22. The van der Waals surface area contributed by atoms with Gasteiger partial charge in [0.15, 0.2) is 0 Å². The van der Waals surface area contributed by atoms with Crippen LogP contribution in [0.2, 0.25) is 0 Å². The minimum atomic E-state index is -0.0872. The molecule has 0 atom stereocenters. The summed E-state index contributed by atoms with van der Waals surface area (Å²) in [5.41, 5.74) is 3.10. The van der Waals surface area contributed by atoms with Gasteiger partial charge in [-0.1, -0.05) is 48.5 Å². The topological polar surface area (TPSA) is 47.8 Å². The summed E-state index contributed by atoms with van der Waals surface area (Å²) >= 11 is 0. The maximum atomic E-state index is 13.5. The highest BCUT2D eigenvalue weighted by Gasteiger charge is 2.16. The van der Waals surface area contributed by atoms with E-state index in [9.17, 15) is 4.79 Å². The van der Waals surface area contributed by atoms with Crippen LogP contribution in [0.15, 0.2) is 95.9 Å². The van der Waals surface area contributed by atoms with E-state index in [0.717, 1.165) is 22.2 Å². The summed E-state index contributed by atoms with van der Waals surface area (Å²) in [7, 11) is 0. The maximum Gasteiger partial charge on any atom is 0.266 e. The quantitative estimate of drug-likeness (QED) is 0.438. The van der Waals surface area contributed by atoms with Gasteiger partial charge >= 0.3 is 0 Å². The highest BCUT2D eigenvalue weighted by Crippen LogP contribution is 2.25. The van der Waals surface area contributed by atoms with Crippen LogP contribution >= 0.6 is 0 Å². The van der Waals surface area contributed by atoms with E-state index in [1.807, 2.05) is 84.9 Å². The van der Waals surface area contributed by atoms with E-state index in [2.05, 4.69) is 4.98 Å². The lowest BCUT2D eigenvalue weighted by molar-refractivity contribution is 0.977. The molecule has 0 radical (unpaired) electrons. The van der Waals surface area contributed by atoms with E-state index in [0.29, 0.717) is 16.7 Å². The molecular weight excluding hydrogens is 334 g/mol. The first-order valence-corrected chi connectivity index (χ1v) is 8.74. The van der Waals surface area contributed by atoms with Crippen LogP contribution in [0.3, 0.4) is 0 Å². The van der Waals surface area contributed by atoms with Crippen LogP contribution in [-0.2, 0) is 0 Å². The van der Waals surface area contributed by atoms with Gasteiger partial charge in [-0.15, -0.1) is 0 Å². The Morgan fingerprint density at radius 3 is 2.22 bits per heavy atom. The van der Waals surface area contributed by atoms with E-state index in [1.165, 1.54) is 0 Å². The second-order valence-electron chi connectivity index (χ2n) is 6.31. The van der Waals surface area contributed by atoms with Crippen molar-refractivity contribution in [2.24, 2.45) is 0 Å². The predicted octanol–water partition coefficient (Wildman–Crippen LogP) is 4.60. The molecule has 0 fully saturated rings. The van der Waals surface area contributed by atoms with Crippen LogP contribution in [0.1, 0.15) is 0 Å². The Morgan fingerprint density at radius 1 is 0.704 bits per heavy atom. The van der Waals surface area contributed by atoms with Gasteiger partial charge in [0.1, 0.15) is 5.82 Å². The maximum absolute atomic E-state index is 13.5. The summed E-state index contributed by atoms with van der Waals surface area (Å²) in [5.74, 6) is 0.621. The Labute approximate surface area is 155 Å². The Kier molecular flexibility index (Phi) is 3.54. The van der Waals surface area contributed by atoms with Gasteiger partial charge in [-0.2, -0.15) is 0 Å². The molecule has 2 heterocycles. The second-order valence-corrected chi connectivity index (χ2v) is 6.31. The zero-order valence-corrected chi connectivity index (χ0v) is 14.4. The highest BCUT2D eigenvalue weighted by molar-refractivity contribution is 6.03. The van der Waals surface area contributed by atoms with Crippen molar-refractivity contribution < 1.29 is 0 Å². The molecule has 0 bridgehead atoms. The minimum absolute atomic E-state index is 0.0872. The fourth-order valence-corrected chi connectivity index (χ4v) is 3.40. The average Bonchev–Trinajstić information content (AvgIpc) is 2.74. The molecule has 0 spiro atoms. The Balaban J connectivity index is 1.97. The van der Waals surface area contributed by atoms with Crippen molar-refractivity contribution in [3.8, 4) is 17.1 Å². The van der Waals surface area contributed by atoms with Crippen molar-refractivity contribution in [1.82, 2.24) is 14.5 Å². The van der Waals surface area contributed by atoms with Crippen molar-refractivity contribution in [2.45, 2.75) is 0 Å². The summed E-state index contributed by atoms with van der Waals surface area (Å²) in [4.78, 5) is 22.8. The van der Waals surface area contributed by atoms with Gasteiger partial charge in [-0.05, 0) is 36.4 Å². The zero-order valence-electron chi connectivity index (χ0n) is 14.4. The smallest absolute Gasteiger partial charge is 0.266 e. The Bertz CT molecular complexity index is 1330. The average molecular weight is 349 g/mol. The number of fused-ring (bicyclic) bond motifs is 3. The molecule has 0 amide bonds. The molecule has 0 saturated heterocycles. The molecule has 2 aromatic heterocycles. The lowest BCUT2D eigenvalue weighted by atomic mass is 10.1. The largest absolute Gasteiger partial charge is 0.268 e. The molecule has 0 aliphatic rings.